The average molecular weight is 309 g/mol. The summed E-state index contributed by atoms with van der Waals surface area (Å²) >= 11 is 0. The Balaban J connectivity index is 1.59. The van der Waals surface area contributed by atoms with Crippen LogP contribution < -0.4 is 10.1 Å². The zero-order valence-electron chi connectivity index (χ0n) is 12.3. The lowest BCUT2D eigenvalue weighted by atomic mass is 10.2. The summed E-state index contributed by atoms with van der Waals surface area (Å²) in [4.78, 5) is 20.1. The highest BCUT2D eigenvalue weighted by Gasteiger charge is 2.07. The minimum atomic E-state index is -0.170. The highest BCUT2D eigenvalue weighted by molar-refractivity contribution is 5.94. The number of nitrogens with zero attached hydrogens (tertiary/aromatic N) is 4. The minimum Gasteiger partial charge on any atom is -0.439 e. The molecule has 23 heavy (non-hydrogen) atoms. The molecule has 0 radical (unpaired) electrons. The molecule has 1 aromatic carbocycles. The molecule has 0 bridgehead atoms. The van der Waals surface area contributed by atoms with E-state index in [2.05, 4.69) is 20.4 Å². The van der Waals surface area contributed by atoms with E-state index >= 15 is 0 Å². The van der Waals surface area contributed by atoms with E-state index in [9.17, 15) is 4.79 Å². The standard InChI is InChI=1S/C16H15N5O2/c22-16(19-8-9-21-12-17-11-20-21)13-4-3-5-14(10-13)23-15-6-1-2-7-18-15/h1-7,10-12H,8-9H2,(H,19,22). The van der Waals surface area contributed by atoms with Crippen molar-refractivity contribution in [1.82, 2.24) is 25.1 Å². The van der Waals surface area contributed by atoms with Crippen LogP contribution >= 0.6 is 0 Å². The third kappa shape index (κ3) is 4.13. The van der Waals surface area contributed by atoms with Gasteiger partial charge in [0.2, 0.25) is 5.88 Å². The Bertz CT molecular complexity index is 759. The highest BCUT2D eigenvalue weighted by atomic mass is 16.5. The van der Waals surface area contributed by atoms with Crippen molar-refractivity contribution in [3.05, 3.63) is 66.9 Å². The largest absolute Gasteiger partial charge is 0.439 e. The molecule has 2 heterocycles. The van der Waals surface area contributed by atoms with Crippen LogP contribution in [-0.2, 0) is 6.54 Å². The van der Waals surface area contributed by atoms with Gasteiger partial charge in [0.1, 0.15) is 18.4 Å². The van der Waals surface area contributed by atoms with Crippen molar-refractivity contribution in [2.24, 2.45) is 0 Å². The molecule has 1 amide bonds. The first-order chi connectivity index (χ1) is 11.3. The lowest BCUT2D eigenvalue weighted by Crippen LogP contribution is -2.27. The molecule has 0 aliphatic heterocycles. The van der Waals surface area contributed by atoms with Gasteiger partial charge in [0.25, 0.3) is 5.91 Å². The average Bonchev–Trinajstić information content (AvgIpc) is 3.09. The number of nitrogens with one attached hydrogen (secondary N) is 1. The summed E-state index contributed by atoms with van der Waals surface area (Å²) in [5, 5.41) is 6.80. The number of carbonyl (C=O) groups is 1. The van der Waals surface area contributed by atoms with E-state index in [1.807, 2.05) is 12.1 Å². The van der Waals surface area contributed by atoms with Gasteiger partial charge in [-0.1, -0.05) is 12.1 Å². The van der Waals surface area contributed by atoms with Crippen molar-refractivity contribution in [3.63, 3.8) is 0 Å². The number of hydrogen-bond donors (Lipinski definition) is 1. The van der Waals surface area contributed by atoms with Crippen LogP contribution in [0.2, 0.25) is 0 Å². The fourth-order valence-electron chi connectivity index (χ4n) is 1.96. The molecule has 0 unspecified atom stereocenters. The second-order valence-electron chi connectivity index (χ2n) is 4.71. The number of amides is 1. The Kier molecular flexibility index (Phi) is 4.58. The monoisotopic (exact) mass is 309 g/mol. The summed E-state index contributed by atoms with van der Waals surface area (Å²) in [6.07, 6.45) is 4.71. The molecule has 7 nitrogen and oxygen atoms in total. The van der Waals surface area contributed by atoms with Gasteiger partial charge in [-0.05, 0) is 24.3 Å². The van der Waals surface area contributed by atoms with Crippen LogP contribution in [0.4, 0.5) is 0 Å². The molecular weight excluding hydrogens is 294 g/mol. The number of aromatic nitrogens is 4. The third-order valence-corrected chi connectivity index (χ3v) is 3.05. The second-order valence-corrected chi connectivity index (χ2v) is 4.71. The van der Waals surface area contributed by atoms with Gasteiger partial charge in [-0.3, -0.25) is 9.48 Å². The van der Waals surface area contributed by atoms with Gasteiger partial charge < -0.3 is 10.1 Å². The van der Waals surface area contributed by atoms with Gasteiger partial charge in [-0.15, -0.1) is 0 Å². The lowest BCUT2D eigenvalue weighted by Gasteiger charge is -2.08. The number of hydrogen-bond acceptors (Lipinski definition) is 5. The number of carbonyl (C=O) groups excluding carboxylic acids is 1. The van der Waals surface area contributed by atoms with Crippen molar-refractivity contribution >= 4 is 5.91 Å². The molecule has 7 heteroatoms. The summed E-state index contributed by atoms with van der Waals surface area (Å²) in [7, 11) is 0. The third-order valence-electron chi connectivity index (χ3n) is 3.05. The fourth-order valence-corrected chi connectivity index (χ4v) is 1.96. The van der Waals surface area contributed by atoms with Crippen LogP contribution in [-0.4, -0.2) is 32.2 Å². The summed E-state index contributed by atoms with van der Waals surface area (Å²) in [6, 6.07) is 12.4. The van der Waals surface area contributed by atoms with Crippen LogP contribution in [0.1, 0.15) is 10.4 Å². The first kappa shape index (κ1) is 14.7. The Morgan fingerprint density at radius 3 is 2.96 bits per heavy atom. The van der Waals surface area contributed by atoms with Crippen molar-refractivity contribution in [3.8, 4) is 11.6 Å². The van der Waals surface area contributed by atoms with Crippen LogP contribution in [0.3, 0.4) is 0 Å². The van der Waals surface area contributed by atoms with Crippen molar-refractivity contribution in [2.75, 3.05) is 6.54 Å². The van der Waals surface area contributed by atoms with Crippen molar-refractivity contribution < 1.29 is 9.53 Å². The zero-order chi connectivity index (χ0) is 15.9. The van der Waals surface area contributed by atoms with Crippen LogP contribution in [0, 0.1) is 0 Å². The quantitative estimate of drug-likeness (QED) is 0.752. The predicted molar refractivity (Wildman–Crippen MR) is 83.1 cm³/mol. The maximum atomic E-state index is 12.2. The summed E-state index contributed by atoms with van der Waals surface area (Å²) in [6.45, 7) is 1.03. The van der Waals surface area contributed by atoms with E-state index in [1.165, 1.54) is 6.33 Å². The molecule has 0 atom stereocenters. The number of ether oxygens (including phenoxy) is 1. The second kappa shape index (κ2) is 7.17. The first-order valence-corrected chi connectivity index (χ1v) is 7.11. The van der Waals surface area contributed by atoms with E-state index in [-0.39, 0.29) is 5.91 Å². The topological polar surface area (TPSA) is 81.9 Å². The van der Waals surface area contributed by atoms with E-state index in [0.29, 0.717) is 30.3 Å². The van der Waals surface area contributed by atoms with Gasteiger partial charge in [0, 0.05) is 24.4 Å². The molecule has 3 aromatic rings. The first-order valence-electron chi connectivity index (χ1n) is 7.11. The number of rotatable bonds is 6. The molecule has 0 saturated heterocycles. The molecule has 0 aliphatic rings. The van der Waals surface area contributed by atoms with Gasteiger partial charge in [0.15, 0.2) is 0 Å². The van der Waals surface area contributed by atoms with Gasteiger partial charge >= 0.3 is 0 Å². The summed E-state index contributed by atoms with van der Waals surface area (Å²) < 4.78 is 7.27. The van der Waals surface area contributed by atoms with Crippen molar-refractivity contribution in [2.45, 2.75) is 6.54 Å². The number of benzene rings is 1. The van der Waals surface area contributed by atoms with E-state index < -0.39 is 0 Å². The Morgan fingerprint density at radius 1 is 1.22 bits per heavy atom. The molecule has 1 N–H and O–H groups in total. The number of pyridine rings is 1. The molecule has 0 saturated carbocycles. The van der Waals surface area contributed by atoms with Crippen LogP contribution in [0.15, 0.2) is 61.3 Å². The molecule has 0 fully saturated rings. The highest BCUT2D eigenvalue weighted by Crippen LogP contribution is 2.19. The van der Waals surface area contributed by atoms with Gasteiger partial charge in [0.05, 0.1) is 6.54 Å². The van der Waals surface area contributed by atoms with E-state index in [1.54, 1.807) is 47.5 Å². The smallest absolute Gasteiger partial charge is 0.251 e. The molecule has 2 aromatic heterocycles. The molecular formula is C16H15N5O2. The van der Waals surface area contributed by atoms with Crippen molar-refractivity contribution in [1.29, 1.82) is 0 Å². The Morgan fingerprint density at radius 2 is 2.17 bits per heavy atom. The minimum absolute atomic E-state index is 0.170. The Labute approximate surface area is 133 Å². The fraction of sp³-hybridized carbons (Fsp3) is 0.125. The molecule has 3 rings (SSSR count). The Hall–Kier alpha value is -3.22. The predicted octanol–water partition coefficient (Wildman–Crippen LogP) is 1.90. The summed E-state index contributed by atoms with van der Waals surface area (Å²) in [5.41, 5.74) is 0.525. The maximum Gasteiger partial charge on any atom is 0.251 e. The summed E-state index contributed by atoms with van der Waals surface area (Å²) in [5.74, 6) is 0.875. The van der Waals surface area contributed by atoms with E-state index in [4.69, 9.17) is 4.74 Å². The van der Waals surface area contributed by atoms with Crippen LogP contribution in [0.25, 0.3) is 0 Å². The van der Waals surface area contributed by atoms with E-state index in [0.717, 1.165) is 0 Å². The molecule has 0 aliphatic carbocycles. The van der Waals surface area contributed by atoms with Gasteiger partial charge in [-0.2, -0.15) is 5.10 Å². The van der Waals surface area contributed by atoms with Gasteiger partial charge in [-0.25, -0.2) is 9.97 Å². The maximum absolute atomic E-state index is 12.2. The lowest BCUT2D eigenvalue weighted by molar-refractivity contribution is 0.0951. The molecule has 0 spiro atoms. The molecule has 116 valence electrons. The SMILES string of the molecule is O=C(NCCn1cncn1)c1cccc(Oc2ccccn2)c1. The normalized spacial score (nSPS) is 10.3. The van der Waals surface area contributed by atoms with Crippen LogP contribution in [0.5, 0.6) is 11.6 Å². The zero-order valence-corrected chi connectivity index (χ0v) is 12.3.